The monoisotopic (exact) mass is 223 g/mol. The summed E-state index contributed by atoms with van der Waals surface area (Å²) in [7, 11) is 0. The number of fused-ring (bicyclic) bond motifs is 2. The van der Waals surface area contributed by atoms with E-state index in [-0.39, 0.29) is 0 Å². The van der Waals surface area contributed by atoms with E-state index in [0.29, 0.717) is 0 Å². The second-order valence-corrected chi connectivity index (χ2v) is 4.99. The zero-order valence-corrected chi connectivity index (χ0v) is 9.29. The zero-order chi connectivity index (χ0) is 9.54. The highest BCUT2D eigenvalue weighted by atomic mass is 35.5. The number of hydrogen-bond acceptors (Lipinski definition) is 2. The Morgan fingerprint density at radius 1 is 1.29 bits per heavy atom. The van der Waals surface area contributed by atoms with E-state index in [9.17, 15) is 0 Å². The zero-order valence-electron chi connectivity index (χ0n) is 7.72. The van der Waals surface area contributed by atoms with Crippen LogP contribution in [0.5, 0.6) is 0 Å². The van der Waals surface area contributed by atoms with Crippen molar-refractivity contribution in [1.82, 2.24) is 4.98 Å². The Balaban J connectivity index is 2.36. The van der Waals surface area contributed by atoms with Crippen LogP contribution >= 0.6 is 22.9 Å². The Bertz CT molecular complexity index is 489. The molecule has 0 aromatic carbocycles. The van der Waals surface area contributed by atoms with Crippen LogP contribution in [0.3, 0.4) is 0 Å². The Morgan fingerprint density at radius 3 is 3.07 bits per heavy atom. The van der Waals surface area contributed by atoms with Crippen LogP contribution < -0.4 is 0 Å². The molecule has 0 atom stereocenters. The van der Waals surface area contributed by atoms with Crippen molar-refractivity contribution in [2.75, 3.05) is 0 Å². The van der Waals surface area contributed by atoms with E-state index in [0.717, 1.165) is 28.1 Å². The maximum Gasteiger partial charge on any atom is 0.0828 e. The van der Waals surface area contributed by atoms with Gasteiger partial charge in [0, 0.05) is 5.69 Å². The summed E-state index contributed by atoms with van der Waals surface area (Å²) in [6.45, 7) is 0. The molecular weight excluding hydrogens is 214 g/mol. The molecule has 2 heterocycles. The number of thiophene rings is 1. The molecule has 0 saturated carbocycles. The van der Waals surface area contributed by atoms with Gasteiger partial charge in [-0.3, -0.25) is 4.98 Å². The summed E-state index contributed by atoms with van der Waals surface area (Å²) in [5.41, 5.74) is 3.60. The molecular formula is C11H10ClNS. The fourth-order valence-electron chi connectivity index (χ4n) is 2.09. The van der Waals surface area contributed by atoms with E-state index < -0.39 is 0 Å². The van der Waals surface area contributed by atoms with Crippen LogP contribution in [-0.4, -0.2) is 4.98 Å². The van der Waals surface area contributed by atoms with Gasteiger partial charge < -0.3 is 0 Å². The first-order valence-corrected chi connectivity index (χ1v) is 6.16. The Labute approximate surface area is 91.7 Å². The SMILES string of the molecule is Clc1c2c(nc3ccsc13)CCCC2. The molecule has 0 N–H and O–H groups in total. The van der Waals surface area contributed by atoms with Crippen LogP contribution in [0.15, 0.2) is 11.4 Å². The maximum absolute atomic E-state index is 6.37. The summed E-state index contributed by atoms with van der Waals surface area (Å²) in [6.07, 6.45) is 4.72. The molecule has 0 aliphatic heterocycles. The first-order valence-electron chi connectivity index (χ1n) is 4.91. The number of aromatic nitrogens is 1. The summed E-state index contributed by atoms with van der Waals surface area (Å²) in [6, 6.07) is 2.06. The van der Waals surface area contributed by atoms with Crippen LogP contribution in [-0.2, 0) is 12.8 Å². The van der Waals surface area contributed by atoms with Gasteiger partial charge in [0.05, 0.1) is 15.2 Å². The summed E-state index contributed by atoms with van der Waals surface area (Å²) < 4.78 is 1.16. The Kier molecular flexibility index (Phi) is 1.99. The van der Waals surface area contributed by atoms with Crippen LogP contribution in [0.25, 0.3) is 10.2 Å². The lowest BCUT2D eigenvalue weighted by Gasteiger charge is -2.16. The predicted octanol–water partition coefficient (Wildman–Crippen LogP) is 3.83. The normalized spacial score (nSPS) is 15.8. The number of hydrogen-bond donors (Lipinski definition) is 0. The lowest BCUT2D eigenvalue weighted by atomic mass is 9.96. The van der Waals surface area contributed by atoms with Crippen molar-refractivity contribution in [1.29, 1.82) is 0 Å². The minimum absolute atomic E-state index is 0.958. The smallest absolute Gasteiger partial charge is 0.0828 e. The standard InChI is InChI=1S/C11H10ClNS/c12-10-7-3-1-2-4-8(7)13-9-5-6-14-11(9)10/h5-6H,1-4H2. The molecule has 1 nitrogen and oxygen atoms in total. The molecule has 3 rings (SSSR count). The highest BCUT2D eigenvalue weighted by Gasteiger charge is 2.17. The number of pyridine rings is 1. The second-order valence-electron chi connectivity index (χ2n) is 3.69. The minimum Gasteiger partial charge on any atom is -0.252 e. The van der Waals surface area contributed by atoms with Gasteiger partial charge in [0.15, 0.2) is 0 Å². The third-order valence-corrected chi connectivity index (χ3v) is 4.25. The third-order valence-electron chi connectivity index (χ3n) is 2.80. The summed E-state index contributed by atoms with van der Waals surface area (Å²) >= 11 is 8.06. The summed E-state index contributed by atoms with van der Waals surface area (Å²) in [4.78, 5) is 4.66. The molecule has 0 fully saturated rings. The van der Waals surface area contributed by atoms with Crippen LogP contribution in [0, 0.1) is 0 Å². The topological polar surface area (TPSA) is 12.9 Å². The average molecular weight is 224 g/mol. The first kappa shape index (κ1) is 8.69. The first-order chi connectivity index (χ1) is 6.86. The Morgan fingerprint density at radius 2 is 2.14 bits per heavy atom. The molecule has 0 radical (unpaired) electrons. The van der Waals surface area contributed by atoms with E-state index in [4.69, 9.17) is 11.6 Å². The second kappa shape index (κ2) is 3.21. The predicted molar refractivity (Wildman–Crippen MR) is 61.3 cm³/mol. The van der Waals surface area contributed by atoms with Gasteiger partial charge in [0.1, 0.15) is 0 Å². The van der Waals surface area contributed by atoms with Crippen LogP contribution in [0.2, 0.25) is 5.02 Å². The van der Waals surface area contributed by atoms with Crippen molar-refractivity contribution in [2.45, 2.75) is 25.7 Å². The van der Waals surface area contributed by atoms with Crippen molar-refractivity contribution in [3.8, 4) is 0 Å². The molecule has 0 saturated heterocycles. The molecule has 3 heteroatoms. The molecule has 14 heavy (non-hydrogen) atoms. The fourth-order valence-corrected chi connectivity index (χ4v) is 3.31. The number of aryl methyl sites for hydroxylation is 1. The van der Waals surface area contributed by atoms with E-state index >= 15 is 0 Å². The lowest BCUT2D eigenvalue weighted by molar-refractivity contribution is 0.671. The van der Waals surface area contributed by atoms with E-state index in [2.05, 4.69) is 16.4 Å². The van der Waals surface area contributed by atoms with Gasteiger partial charge >= 0.3 is 0 Å². The van der Waals surface area contributed by atoms with Gasteiger partial charge in [-0.1, -0.05) is 11.6 Å². The molecule has 2 aromatic heterocycles. The molecule has 2 aromatic rings. The van der Waals surface area contributed by atoms with Crippen molar-refractivity contribution < 1.29 is 0 Å². The van der Waals surface area contributed by atoms with Gasteiger partial charge in [0.2, 0.25) is 0 Å². The molecule has 0 unspecified atom stereocenters. The van der Waals surface area contributed by atoms with Crippen LogP contribution in [0.4, 0.5) is 0 Å². The molecule has 1 aliphatic rings. The van der Waals surface area contributed by atoms with E-state index in [1.54, 1.807) is 11.3 Å². The molecule has 72 valence electrons. The van der Waals surface area contributed by atoms with Crippen molar-refractivity contribution >= 4 is 33.2 Å². The minimum atomic E-state index is 0.958. The molecule has 0 bridgehead atoms. The Hall–Kier alpha value is -0.600. The number of nitrogens with zero attached hydrogens (tertiary/aromatic N) is 1. The van der Waals surface area contributed by atoms with Gasteiger partial charge in [-0.05, 0) is 42.7 Å². The van der Waals surface area contributed by atoms with E-state index in [1.807, 2.05) is 0 Å². The average Bonchev–Trinajstić information content (AvgIpc) is 2.66. The van der Waals surface area contributed by atoms with Crippen molar-refractivity contribution in [2.24, 2.45) is 0 Å². The highest BCUT2D eigenvalue weighted by molar-refractivity contribution is 7.17. The highest BCUT2D eigenvalue weighted by Crippen LogP contribution is 2.35. The summed E-state index contributed by atoms with van der Waals surface area (Å²) in [5.74, 6) is 0. The largest absolute Gasteiger partial charge is 0.252 e. The van der Waals surface area contributed by atoms with Crippen LogP contribution in [0.1, 0.15) is 24.1 Å². The van der Waals surface area contributed by atoms with Crippen molar-refractivity contribution in [3.63, 3.8) is 0 Å². The van der Waals surface area contributed by atoms with Gasteiger partial charge in [-0.15, -0.1) is 11.3 Å². The summed E-state index contributed by atoms with van der Waals surface area (Å²) in [5, 5.41) is 3.02. The van der Waals surface area contributed by atoms with Gasteiger partial charge in [-0.2, -0.15) is 0 Å². The van der Waals surface area contributed by atoms with Gasteiger partial charge in [0.25, 0.3) is 0 Å². The molecule has 0 amide bonds. The molecule has 1 aliphatic carbocycles. The molecule has 0 spiro atoms. The number of halogens is 1. The third kappa shape index (κ3) is 1.17. The maximum atomic E-state index is 6.37. The number of rotatable bonds is 0. The van der Waals surface area contributed by atoms with E-state index in [1.165, 1.54) is 24.1 Å². The van der Waals surface area contributed by atoms with Gasteiger partial charge in [-0.25, -0.2) is 0 Å². The quantitative estimate of drug-likeness (QED) is 0.662. The lowest BCUT2D eigenvalue weighted by Crippen LogP contribution is -2.05. The fraction of sp³-hybridized carbons (Fsp3) is 0.364. The van der Waals surface area contributed by atoms with Crippen molar-refractivity contribution in [3.05, 3.63) is 27.7 Å².